The Bertz CT molecular complexity index is 873. The predicted molar refractivity (Wildman–Crippen MR) is 100 cm³/mol. The predicted octanol–water partition coefficient (Wildman–Crippen LogP) is 5.15. The van der Waals surface area contributed by atoms with Crippen LogP contribution in [0.5, 0.6) is 17.2 Å². The smallest absolute Gasteiger partial charge is 0.347 e. The molecule has 0 aliphatic carbocycles. The SMILES string of the molecule is COc1ccc(OC(=O)c2ccccc2OCc2ccc(Cl)cc2)cc1. The third-order valence-corrected chi connectivity index (χ3v) is 3.94. The highest BCUT2D eigenvalue weighted by atomic mass is 35.5. The zero-order chi connectivity index (χ0) is 18.4. The van der Waals surface area contributed by atoms with Crippen LogP contribution in [0, 0.1) is 0 Å². The standard InChI is InChI=1S/C21H17ClO4/c1-24-17-10-12-18(13-11-17)26-21(23)19-4-2-3-5-20(19)25-14-15-6-8-16(22)9-7-15/h2-13H,14H2,1H3. The van der Waals surface area contributed by atoms with E-state index >= 15 is 0 Å². The molecule has 0 radical (unpaired) electrons. The summed E-state index contributed by atoms with van der Waals surface area (Å²) in [7, 11) is 1.58. The zero-order valence-corrected chi connectivity index (χ0v) is 14.9. The van der Waals surface area contributed by atoms with Gasteiger partial charge >= 0.3 is 5.97 Å². The summed E-state index contributed by atoms with van der Waals surface area (Å²) in [6.07, 6.45) is 0. The minimum Gasteiger partial charge on any atom is -0.497 e. The molecule has 3 aromatic rings. The lowest BCUT2D eigenvalue weighted by molar-refractivity contribution is 0.0729. The molecule has 0 saturated carbocycles. The van der Waals surface area contributed by atoms with Crippen LogP contribution in [-0.4, -0.2) is 13.1 Å². The first kappa shape index (κ1) is 17.8. The van der Waals surface area contributed by atoms with Crippen LogP contribution in [0.1, 0.15) is 15.9 Å². The van der Waals surface area contributed by atoms with Crippen molar-refractivity contribution < 1.29 is 19.0 Å². The minimum atomic E-state index is -0.484. The van der Waals surface area contributed by atoms with Crippen LogP contribution in [0.2, 0.25) is 5.02 Å². The van der Waals surface area contributed by atoms with Gasteiger partial charge in [-0.3, -0.25) is 0 Å². The summed E-state index contributed by atoms with van der Waals surface area (Å²) in [5.41, 5.74) is 1.31. The third kappa shape index (κ3) is 4.55. The molecule has 0 spiro atoms. The van der Waals surface area contributed by atoms with Crippen molar-refractivity contribution in [3.8, 4) is 17.2 Å². The van der Waals surface area contributed by atoms with Gasteiger partial charge in [-0.2, -0.15) is 0 Å². The van der Waals surface area contributed by atoms with Crippen LogP contribution < -0.4 is 14.2 Å². The van der Waals surface area contributed by atoms with E-state index < -0.39 is 5.97 Å². The molecule has 0 amide bonds. The monoisotopic (exact) mass is 368 g/mol. The van der Waals surface area contributed by atoms with Crippen LogP contribution in [0.4, 0.5) is 0 Å². The number of hydrogen-bond acceptors (Lipinski definition) is 4. The van der Waals surface area contributed by atoms with Gasteiger partial charge in [0.2, 0.25) is 0 Å². The molecule has 5 heteroatoms. The summed E-state index contributed by atoms with van der Waals surface area (Å²) >= 11 is 5.88. The molecule has 0 N–H and O–H groups in total. The molecule has 0 atom stereocenters. The first-order valence-corrected chi connectivity index (χ1v) is 8.36. The van der Waals surface area contributed by atoms with Crippen molar-refractivity contribution >= 4 is 17.6 Å². The Morgan fingerprint density at radius 3 is 2.23 bits per heavy atom. The normalized spacial score (nSPS) is 10.2. The van der Waals surface area contributed by atoms with Gasteiger partial charge in [-0.1, -0.05) is 35.9 Å². The molecule has 0 heterocycles. The number of halogens is 1. The molecule has 0 aliphatic rings. The highest BCUT2D eigenvalue weighted by Gasteiger charge is 2.15. The topological polar surface area (TPSA) is 44.8 Å². The maximum Gasteiger partial charge on any atom is 0.347 e. The lowest BCUT2D eigenvalue weighted by Crippen LogP contribution is -2.11. The fourth-order valence-electron chi connectivity index (χ4n) is 2.31. The van der Waals surface area contributed by atoms with Crippen molar-refractivity contribution in [3.63, 3.8) is 0 Å². The quantitative estimate of drug-likeness (QED) is 0.446. The molecule has 132 valence electrons. The maximum atomic E-state index is 12.5. The Kier molecular flexibility index (Phi) is 5.77. The molecular weight excluding hydrogens is 352 g/mol. The van der Waals surface area contributed by atoms with Gasteiger partial charge in [0, 0.05) is 5.02 Å². The number of carbonyl (C=O) groups is 1. The van der Waals surface area contributed by atoms with E-state index in [0.29, 0.717) is 34.4 Å². The second kappa shape index (κ2) is 8.41. The van der Waals surface area contributed by atoms with Gasteiger partial charge in [0.25, 0.3) is 0 Å². The summed E-state index contributed by atoms with van der Waals surface area (Å²) < 4.78 is 16.3. The number of esters is 1. The molecular formula is C21H17ClO4. The van der Waals surface area contributed by atoms with E-state index in [2.05, 4.69) is 0 Å². The van der Waals surface area contributed by atoms with E-state index in [1.807, 2.05) is 12.1 Å². The van der Waals surface area contributed by atoms with Gasteiger partial charge in [-0.15, -0.1) is 0 Å². The van der Waals surface area contributed by atoms with E-state index in [9.17, 15) is 4.79 Å². The highest BCUT2D eigenvalue weighted by Crippen LogP contribution is 2.23. The molecule has 0 fully saturated rings. The lowest BCUT2D eigenvalue weighted by atomic mass is 10.2. The molecule has 0 aromatic heterocycles. The molecule has 0 bridgehead atoms. The van der Waals surface area contributed by atoms with Crippen molar-refractivity contribution in [2.45, 2.75) is 6.61 Å². The van der Waals surface area contributed by atoms with Gasteiger partial charge in [0.1, 0.15) is 29.4 Å². The minimum absolute atomic E-state index is 0.323. The van der Waals surface area contributed by atoms with Gasteiger partial charge in [-0.25, -0.2) is 4.79 Å². The number of rotatable bonds is 6. The summed E-state index contributed by atoms with van der Waals surface area (Å²) in [5, 5.41) is 0.664. The maximum absolute atomic E-state index is 12.5. The Labute approximate surface area is 156 Å². The Morgan fingerprint density at radius 1 is 0.885 bits per heavy atom. The largest absolute Gasteiger partial charge is 0.497 e. The molecule has 0 unspecified atom stereocenters. The van der Waals surface area contributed by atoms with Gasteiger partial charge in [0.15, 0.2) is 0 Å². The summed E-state index contributed by atoms with van der Waals surface area (Å²) in [4.78, 5) is 12.5. The van der Waals surface area contributed by atoms with Crippen molar-refractivity contribution in [1.29, 1.82) is 0 Å². The number of para-hydroxylation sites is 1. The molecule has 0 saturated heterocycles. The van der Waals surface area contributed by atoms with Crippen LogP contribution in [0.3, 0.4) is 0 Å². The van der Waals surface area contributed by atoms with Crippen molar-refractivity contribution in [2.24, 2.45) is 0 Å². The molecule has 26 heavy (non-hydrogen) atoms. The van der Waals surface area contributed by atoms with Crippen LogP contribution in [-0.2, 0) is 6.61 Å². The number of ether oxygens (including phenoxy) is 3. The van der Waals surface area contributed by atoms with E-state index in [1.165, 1.54) is 0 Å². The molecule has 3 rings (SSSR count). The Hall–Kier alpha value is -2.98. The van der Waals surface area contributed by atoms with Crippen LogP contribution in [0.25, 0.3) is 0 Å². The van der Waals surface area contributed by atoms with Gasteiger partial charge in [-0.05, 0) is 54.1 Å². The number of benzene rings is 3. The van der Waals surface area contributed by atoms with Crippen LogP contribution >= 0.6 is 11.6 Å². The van der Waals surface area contributed by atoms with Crippen molar-refractivity contribution in [3.05, 3.63) is 88.9 Å². The van der Waals surface area contributed by atoms with E-state index in [4.69, 9.17) is 25.8 Å². The number of carbonyl (C=O) groups excluding carboxylic acids is 1. The first-order chi connectivity index (χ1) is 12.7. The van der Waals surface area contributed by atoms with Crippen LogP contribution in [0.15, 0.2) is 72.8 Å². The molecule has 3 aromatic carbocycles. The van der Waals surface area contributed by atoms with E-state index in [-0.39, 0.29) is 0 Å². The van der Waals surface area contributed by atoms with E-state index in [1.54, 1.807) is 67.8 Å². The summed E-state index contributed by atoms with van der Waals surface area (Å²) in [5.74, 6) is 1.10. The van der Waals surface area contributed by atoms with Gasteiger partial charge < -0.3 is 14.2 Å². The lowest BCUT2D eigenvalue weighted by Gasteiger charge is -2.11. The van der Waals surface area contributed by atoms with Crippen molar-refractivity contribution in [1.82, 2.24) is 0 Å². The third-order valence-electron chi connectivity index (χ3n) is 3.68. The Balaban J connectivity index is 1.70. The fraction of sp³-hybridized carbons (Fsp3) is 0.0952. The fourth-order valence-corrected chi connectivity index (χ4v) is 2.43. The zero-order valence-electron chi connectivity index (χ0n) is 14.1. The summed E-state index contributed by atoms with van der Waals surface area (Å²) in [6.45, 7) is 0.323. The second-order valence-corrected chi connectivity index (χ2v) is 5.91. The Morgan fingerprint density at radius 2 is 1.54 bits per heavy atom. The number of methoxy groups -OCH3 is 1. The molecule has 0 aliphatic heterocycles. The first-order valence-electron chi connectivity index (χ1n) is 7.98. The van der Waals surface area contributed by atoms with Crippen molar-refractivity contribution in [2.75, 3.05) is 7.11 Å². The van der Waals surface area contributed by atoms with E-state index in [0.717, 1.165) is 5.56 Å². The molecule has 4 nitrogen and oxygen atoms in total. The number of hydrogen-bond donors (Lipinski definition) is 0. The second-order valence-electron chi connectivity index (χ2n) is 5.48. The average molecular weight is 369 g/mol. The average Bonchev–Trinajstić information content (AvgIpc) is 2.68. The van der Waals surface area contributed by atoms with Gasteiger partial charge in [0.05, 0.1) is 7.11 Å². The highest BCUT2D eigenvalue weighted by molar-refractivity contribution is 6.30. The summed E-state index contributed by atoms with van der Waals surface area (Å²) in [6, 6.07) is 21.1.